The Morgan fingerprint density at radius 1 is 0.963 bits per heavy atom. The normalized spacial score (nSPS) is 11.6. The van der Waals surface area contributed by atoms with Crippen molar-refractivity contribution in [3.63, 3.8) is 0 Å². The van der Waals surface area contributed by atoms with Gasteiger partial charge in [0.1, 0.15) is 6.54 Å². The summed E-state index contributed by atoms with van der Waals surface area (Å²) in [7, 11) is 7.60. The van der Waals surface area contributed by atoms with Crippen molar-refractivity contribution in [2.45, 2.75) is 13.1 Å². The van der Waals surface area contributed by atoms with Gasteiger partial charge in [-0.05, 0) is 29.8 Å². The van der Waals surface area contributed by atoms with E-state index in [2.05, 4.69) is 10.6 Å². The van der Waals surface area contributed by atoms with E-state index in [-0.39, 0.29) is 11.8 Å². The van der Waals surface area contributed by atoms with Crippen LogP contribution in [0.25, 0.3) is 0 Å². The number of nitrogens with one attached hydrogen (secondary N) is 3. The molecule has 144 valence electrons. The zero-order valence-electron chi connectivity index (χ0n) is 16.5. The third-order valence-electron chi connectivity index (χ3n) is 4.35. The summed E-state index contributed by atoms with van der Waals surface area (Å²) < 4.78 is 0. The molecule has 0 aliphatic heterocycles. The fraction of sp³-hybridized carbons (Fsp3) is 0.333. The standard InChI is InChI=1S/C21H28N4O2/c1-22-21(27)18-9-5-17(6-10-18)14-25(4)15-20(26)23-13-16-7-11-19(12-8-16)24(2)3/h5-12H,13-15H2,1-4H3,(H,22,27)(H,23,26)/p+1. The lowest BCUT2D eigenvalue weighted by Crippen LogP contribution is -3.08. The molecule has 0 aromatic heterocycles. The van der Waals surface area contributed by atoms with Gasteiger partial charge in [0, 0.05) is 44.5 Å². The van der Waals surface area contributed by atoms with E-state index in [9.17, 15) is 9.59 Å². The third kappa shape index (κ3) is 6.42. The van der Waals surface area contributed by atoms with E-state index in [1.807, 2.05) is 62.4 Å². The lowest BCUT2D eigenvalue weighted by molar-refractivity contribution is -0.885. The van der Waals surface area contributed by atoms with E-state index < -0.39 is 0 Å². The SMILES string of the molecule is CNC(=O)c1ccc(C[NH+](C)CC(=O)NCc2ccc(N(C)C)cc2)cc1. The number of anilines is 1. The molecule has 0 heterocycles. The Bertz CT molecular complexity index is 755. The maximum Gasteiger partial charge on any atom is 0.275 e. The van der Waals surface area contributed by atoms with Crippen molar-refractivity contribution in [2.75, 3.05) is 39.6 Å². The topological polar surface area (TPSA) is 65.9 Å². The number of hydrogen-bond acceptors (Lipinski definition) is 3. The number of rotatable bonds is 8. The van der Waals surface area contributed by atoms with Gasteiger partial charge in [-0.3, -0.25) is 9.59 Å². The van der Waals surface area contributed by atoms with Crippen LogP contribution in [0.4, 0.5) is 5.69 Å². The van der Waals surface area contributed by atoms with E-state index >= 15 is 0 Å². The summed E-state index contributed by atoms with van der Waals surface area (Å²) in [4.78, 5) is 26.9. The van der Waals surface area contributed by atoms with Crippen LogP contribution in [0.2, 0.25) is 0 Å². The molecule has 2 aromatic carbocycles. The van der Waals surface area contributed by atoms with Crippen LogP contribution in [0.5, 0.6) is 0 Å². The third-order valence-corrected chi connectivity index (χ3v) is 4.35. The maximum absolute atomic E-state index is 12.2. The molecule has 0 fully saturated rings. The number of amides is 2. The molecule has 0 aliphatic rings. The van der Waals surface area contributed by atoms with Gasteiger partial charge in [0.2, 0.25) is 0 Å². The number of quaternary nitrogens is 1. The van der Waals surface area contributed by atoms with Crippen molar-refractivity contribution in [2.24, 2.45) is 0 Å². The smallest absolute Gasteiger partial charge is 0.275 e. The average molecular weight is 369 g/mol. The van der Waals surface area contributed by atoms with Crippen LogP contribution in [0, 0.1) is 0 Å². The molecular weight excluding hydrogens is 340 g/mol. The first-order valence-electron chi connectivity index (χ1n) is 9.04. The zero-order valence-corrected chi connectivity index (χ0v) is 16.5. The molecule has 0 aliphatic carbocycles. The van der Waals surface area contributed by atoms with Crippen molar-refractivity contribution in [3.05, 3.63) is 65.2 Å². The molecule has 2 rings (SSSR count). The number of carbonyl (C=O) groups is 2. The van der Waals surface area contributed by atoms with Crippen molar-refractivity contribution in [1.29, 1.82) is 0 Å². The van der Waals surface area contributed by atoms with Gasteiger partial charge in [0.15, 0.2) is 6.54 Å². The zero-order chi connectivity index (χ0) is 19.8. The fourth-order valence-corrected chi connectivity index (χ4v) is 2.78. The molecule has 6 nitrogen and oxygen atoms in total. The second kappa shape index (κ2) is 9.73. The number of carbonyl (C=O) groups excluding carboxylic acids is 2. The Balaban J connectivity index is 1.78. The summed E-state index contributed by atoms with van der Waals surface area (Å²) >= 11 is 0. The Labute approximate surface area is 161 Å². The summed E-state index contributed by atoms with van der Waals surface area (Å²) in [5.74, 6) is -0.0774. The summed E-state index contributed by atoms with van der Waals surface area (Å²) in [5, 5.41) is 5.57. The summed E-state index contributed by atoms with van der Waals surface area (Å²) in [6, 6.07) is 15.6. The van der Waals surface area contributed by atoms with Crippen LogP contribution < -0.4 is 20.4 Å². The highest BCUT2D eigenvalue weighted by Gasteiger charge is 2.11. The van der Waals surface area contributed by atoms with E-state index in [0.29, 0.717) is 18.7 Å². The van der Waals surface area contributed by atoms with Crippen molar-refractivity contribution < 1.29 is 14.5 Å². The lowest BCUT2D eigenvalue weighted by Gasteiger charge is -2.15. The lowest BCUT2D eigenvalue weighted by atomic mass is 10.1. The van der Waals surface area contributed by atoms with Crippen molar-refractivity contribution >= 4 is 17.5 Å². The number of nitrogens with zero attached hydrogens (tertiary/aromatic N) is 1. The second-order valence-electron chi connectivity index (χ2n) is 6.92. The van der Waals surface area contributed by atoms with Gasteiger partial charge in [0.05, 0.1) is 7.05 Å². The van der Waals surface area contributed by atoms with Gasteiger partial charge < -0.3 is 20.4 Å². The quantitative estimate of drug-likeness (QED) is 0.633. The number of likely N-dealkylation sites (N-methyl/N-ethyl adjacent to an activating group) is 1. The van der Waals surface area contributed by atoms with Crippen molar-refractivity contribution in [3.8, 4) is 0 Å². The van der Waals surface area contributed by atoms with Crippen LogP contribution in [0.1, 0.15) is 21.5 Å². The Kier molecular flexibility index (Phi) is 7.37. The molecule has 2 aromatic rings. The highest BCUT2D eigenvalue weighted by molar-refractivity contribution is 5.93. The first-order valence-corrected chi connectivity index (χ1v) is 9.04. The minimum atomic E-state index is -0.0970. The van der Waals surface area contributed by atoms with Gasteiger partial charge in [-0.25, -0.2) is 0 Å². The number of hydrogen-bond donors (Lipinski definition) is 3. The average Bonchev–Trinajstić information content (AvgIpc) is 2.66. The molecular formula is C21H29N4O2+. The number of benzene rings is 2. The van der Waals surface area contributed by atoms with Crippen LogP contribution in [0.15, 0.2) is 48.5 Å². The Morgan fingerprint density at radius 3 is 2.11 bits per heavy atom. The molecule has 2 amide bonds. The first-order chi connectivity index (χ1) is 12.9. The minimum Gasteiger partial charge on any atom is -0.378 e. The molecule has 0 spiro atoms. The molecule has 1 unspecified atom stereocenters. The first kappa shape index (κ1) is 20.5. The molecule has 1 atom stereocenters. The molecule has 27 heavy (non-hydrogen) atoms. The summed E-state index contributed by atoms with van der Waals surface area (Å²) in [6.07, 6.45) is 0. The molecule has 0 bridgehead atoms. The van der Waals surface area contributed by atoms with Crippen LogP contribution in [-0.2, 0) is 17.9 Å². The predicted molar refractivity (Wildman–Crippen MR) is 108 cm³/mol. The van der Waals surface area contributed by atoms with Crippen LogP contribution >= 0.6 is 0 Å². The summed E-state index contributed by atoms with van der Waals surface area (Å²) in [6.45, 7) is 1.65. The van der Waals surface area contributed by atoms with Gasteiger partial charge >= 0.3 is 0 Å². The fourth-order valence-electron chi connectivity index (χ4n) is 2.78. The van der Waals surface area contributed by atoms with Gasteiger partial charge in [-0.15, -0.1) is 0 Å². The highest BCUT2D eigenvalue weighted by atomic mass is 16.2. The van der Waals surface area contributed by atoms with E-state index in [1.54, 1.807) is 19.2 Å². The molecule has 3 N–H and O–H groups in total. The van der Waals surface area contributed by atoms with Gasteiger partial charge in [0.25, 0.3) is 11.8 Å². The maximum atomic E-state index is 12.2. The van der Waals surface area contributed by atoms with E-state index in [0.717, 1.165) is 28.3 Å². The molecule has 6 heteroatoms. The van der Waals surface area contributed by atoms with Crippen molar-refractivity contribution in [1.82, 2.24) is 10.6 Å². The van der Waals surface area contributed by atoms with Crippen LogP contribution in [0.3, 0.4) is 0 Å². The molecule has 0 radical (unpaired) electrons. The minimum absolute atomic E-state index is 0.0196. The van der Waals surface area contributed by atoms with E-state index in [4.69, 9.17) is 0 Å². The molecule has 0 saturated carbocycles. The second-order valence-corrected chi connectivity index (χ2v) is 6.92. The molecule has 0 saturated heterocycles. The Morgan fingerprint density at radius 2 is 1.56 bits per heavy atom. The highest BCUT2D eigenvalue weighted by Crippen LogP contribution is 2.11. The predicted octanol–water partition coefficient (Wildman–Crippen LogP) is 0.443. The summed E-state index contributed by atoms with van der Waals surface area (Å²) in [5.41, 5.74) is 3.94. The van der Waals surface area contributed by atoms with Crippen LogP contribution in [-0.4, -0.2) is 46.5 Å². The Hall–Kier alpha value is -2.86. The largest absolute Gasteiger partial charge is 0.378 e. The van der Waals surface area contributed by atoms with Gasteiger partial charge in [-0.2, -0.15) is 0 Å². The van der Waals surface area contributed by atoms with E-state index in [1.165, 1.54) is 0 Å². The monoisotopic (exact) mass is 369 g/mol. The van der Waals surface area contributed by atoms with Gasteiger partial charge in [-0.1, -0.05) is 24.3 Å².